The zero-order valence-corrected chi connectivity index (χ0v) is 16.6. The molecular weight excluding hydrogens is 367 g/mol. The van der Waals surface area contributed by atoms with Crippen LogP contribution < -0.4 is 5.32 Å². The van der Waals surface area contributed by atoms with Crippen LogP contribution in [-0.2, 0) is 0 Å². The number of rotatable bonds is 5. The lowest BCUT2D eigenvalue weighted by Crippen LogP contribution is -2.41. The first-order chi connectivity index (χ1) is 14.3. The first-order valence-electron chi connectivity index (χ1n) is 10.7. The Labute approximate surface area is 170 Å². The third-order valence-electron chi connectivity index (χ3n) is 6.31. The summed E-state index contributed by atoms with van der Waals surface area (Å²) in [5, 5.41) is 16.5. The van der Waals surface area contributed by atoms with Crippen molar-refractivity contribution in [3.63, 3.8) is 0 Å². The maximum atomic E-state index is 14.2. The molecule has 3 heterocycles. The molecular formula is C22H27FN6. The second kappa shape index (κ2) is 8.06. The highest BCUT2D eigenvalue weighted by Crippen LogP contribution is 2.27. The number of nitrogens with zero attached hydrogens (tertiary/aromatic N) is 5. The summed E-state index contributed by atoms with van der Waals surface area (Å²) in [5.41, 5.74) is 1.02. The molecule has 0 amide bonds. The highest BCUT2D eigenvalue weighted by Gasteiger charge is 2.24. The Morgan fingerprint density at radius 1 is 0.966 bits per heavy atom. The molecule has 0 radical (unpaired) electrons. The van der Waals surface area contributed by atoms with Crippen molar-refractivity contribution in [1.29, 1.82) is 0 Å². The highest BCUT2D eigenvalue weighted by molar-refractivity contribution is 5.60. The molecule has 1 aliphatic carbocycles. The van der Waals surface area contributed by atoms with Crippen molar-refractivity contribution in [2.45, 2.75) is 44.6 Å². The van der Waals surface area contributed by atoms with E-state index in [1.807, 2.05) is 12.1 Å². The van der Waals surface area contributed by atoms with Gasteiger partial charge in [-0.3, -0.25) is 0 Å². The second-order valence-electron chi connectivity index (χ2n) is 8.36. The average molecular weight is 394 g/mol. The van der Waals surface area contributed by atoms with E-state index in [-0.39, 0.29) is 5.82 Å². The normalized spacial score (nSPS) is 19.2. The van der Waals surface area contributed by atoms with Gasteiger partial charge < -0.3 is 10.2 Å². The number of hydrogen-bond donors (Lipinski definition) is 1. The molecule has 7 heteroatoms. The van der Waals surface area contributed by atoms with Gasteiger partial charge in [-0.05, 0) is 55.9 Å². The van der Waals surface area contributed by atoms with E-state index in [0.29, 0.717) is 23.1 Å². The summed E-state index contributed by atoms with van der Waals surface area (Å²) in [6, 6.07) is 10.8. The molecule has 1 N–H and O–H groups in total. The average Bonchev–Trinajstić information content (AvgIpc) is 3.40. The molecule has 2 fully saturated rings. The highest BCUT2D eigenvalue weighted by atomic mass is 19.1. The molecule has 1 saturated heterocycles. The van der Waals surface area contributed by atoms with Crippen molar-refractivity contribution < 1.29 is 4.39 Å². The molecule has 152 valence electrons. The number of fused-ring (bicyclic) bond motifs is 1. The molecule has 0 spiro atoms. The van der Waals surface area contributed by atoms with E-state index in [1.165, 1.54) is 38.3 Å². The largest absolute Gasteiger partial charge is 0.366 e. The van der Waals surface area contributed by atoms with Crippen LogP contribution in [0.1, 0.15) is 38.5 Å². The molecule has 2 aliphatic rings. The van der Waals surface area contributed by atoms with Crippen LogP contribution in [0.15, 0.2) is 36.4 Å². The van der Waals surface area contributed by atoms with Crippen LogP contribution in [-0.4, -0.2) is 50.4 Å². The van der Waals surface area contributed by atoms with Crippen molar-refractivity contribution in [2.75, 3.05) is 25.0 Å². The maximum absolute atomic E-state index is 14.2. The van der Waals surface area contributed by atoms with Crippen molar-refractivity contribution >= 4 is 11.5 Å². The van der Waals surface area contributed by atoms with Gasteiger partial charge in [-0.2, -0.15) is 4.52 Å². The zero-order chi connectivity index (χ0) is 19.6. The number of piperidine rings is 1. The van der Waals surface area contributed by atoms with Gasteiger partial charge in [0.2, 0.25) is 0 Å². The lowest BCUT2D eigenvalue weighted by molar-refractivity contribution is 0.189. The number of nitrogens with one attached hydrogen (secondary N) is 1. The van der Waals surface area contributed by atoms with Gasteiger partial charge in [-0.15, -0.1) is 15.3 Å². The first-order valence-corrected chi connectivity index (χ1v) is 10.7. The van der Waals surface area contributed by atoms with Gasteiger partial charge in [-0.25, -0.2) is 4.39 Å². The summed E-state index contributed by atoms with van der Waals surface area (Å²) in [6.45, 7) is 3.55. The lowest BCUT2D eigenvalue weighted by Gasteiger charge is -2.34. The summed E-state index contributed by atoms with van der Waals surface area (Å²) in [4.78, 5) is 2.63. The quantitative estimate of drug-likeness (QED) is 0.709. The standard InChI is InChI=1S/C22H27FN6/c23-19-8-4-3-7-18(19)22-26-25-21-10-9-20(27-29(21)22)24-17-11-13-28(14-12-17)15-16-5-1-2-6-16/h3-4,7-10,16-17H,1-2,5-6,11-15H2,(H,24,27). The third kappa shape index (κ3) is 3.96. The van der Waals surface area contributed by atoms with E-state index in [2.05, 4.69) is 25.5 Å². The molecule has 2 aromatic heterocycles. The van der Waals surface area contributed by atoms with E-state index >= 15 is 0 Å². The van der Waals surface area contributed by atoms with Crippen molar-refractivity contribution in [1.82, 2.24) is 24.7 Å². The molecule has 0 bridgehead atoms. The van der Waals surface area contributed by atoms with Gasteiger partial charge >= 0.3 is 0 Å². The molecule has 1 aromatic carbocycles. The summed E-state index contributed by atoms with van der Waals surface area (Å²) < 4.78 is 15.8. The summed E-state index contributed by atoms with van der Waals surface area (Å²) >= 11 is 0. The van der Waals surface area contributed by atoms with E-state index in [4.69, 9.17) is 0 Å². The molecule has 29 heavy (non-hydrogen) atoms. The van der Waals surface area contributed by atoms with E-state index in [9.17, 15) is 4.39 Å². The maximum Gasteiger partial charge on any atom is 0.188 e. The van der Waals surface area contributed by atoms with Gasteiger partial charge in [0.15, 0.2) is 11.5 Å². The van der Waals surface area contributed by atoms with Crippen molar-refractivity contribution in [3.8, 4) is 11.4 Å². The van der Waals surface area contributed by atoms with E-state index < -0.39 is 0 Å². The number of anilines is 1. The second-order valence-corrected chi connectivity index (χ2v) is 8.36. The van der Waals surface area contributed by atoms with Crippen LogP contribution in [0.2, 0.25) is 0 Å². The number of halogens is 1. The fourth-order valence-corrected chi connectivity index (χ4v) is 4.70. The Balaban J connectivity index is 1.27. The van der Waals surface area contributed by atoms with Crippen LogP contribution in [0, 0.1) is 11.7 Å². The summed E-state index contributed by atoms with van der Waals surface area (Å²) in [7, 11) is 0. The van der Waals surface area contributed by atoms with Crippen LogP contribution in [0.25, 0.3) is 17.0 Å². The zero-order valence-electron chi connectivity index (χ0n) is 16.6. The Bertz CT molecular complexity index is 972. The lowest BCUT2D eigenvalue weighted by atomic mass is 10.0. The Morgan fingerprint density at radius 3 is 2.55 bits per heavy atom. The number of hydrogen-bond acceptors (Lipinski definition) is 5. The number of benzene rings is 1. The van der Waals surface area contributed by atoms with Gasteiger partial charge in [0, 0.05) is 25.7 Å². The molecule has 3 aromatic rings. The molecule has 0 unspecified atom stereocenters. The predicted molar refractivity (Wildman–Crippen MR) is 111 cm³/mol. The molecule has 0 atom stereocenters. The summed E-state index contributed by atoms with van der Waals surface area (Å²) in [6.07, 6.45) is 7.88. The van der Waals surface area contributed by atoms with Crippen molar-refractivity contribution in [2.24, 2.45) is 5.92 Å². The van der Waals surface area contributed by atoms with Crippen LogP contribution in [0.3, 0.4) is 0 Å². The Hall–Kier alpha value is -2.54. The minimum Gasteiger partial charge on any atom is -0.366 e. The molecule has 5 rings (SSSR count). The monoisotopic (exact) mass is 394 g/mol. The van der Waals surface area contributed by atoms with Crippen LogP contribution in [0.5, 0.6) is 0 Å². The van der Waals surface area contributed by atoms with Crippen molar-refractivity contribution in [3.05, 3.63) is 42.2 Å². The van der Waals surface area contributed by atoms with Crippen LogP contribution >= 0.6 is 0 Å². The molecule has 1 aliphatic heterocycles. The summed E-state index contributed by atoms with van der Waals surface area (Å²) in [5.74, 6) is 1.79. The topological polar surface area (TPSA) is 58.4 Å². The minimum absolute atomic E-state index is 0.323. The Morgan fingerprint density at radius 2 is 1.76 bits per heavy atom. The Kier molecular flexibility index (Phi) is 5.14. The van der Waals surface area contributed by atoms with Gasteiger partial charge in [0.05, 0.1) is 5.56 Å². The minimum atomic E-state index is -0.323. The van der Waals surface area contributed by atoms with E-state index in [0.717, 1.165) is 37.7 Å². The number of likely N-dealkylation sites (tertiary alicyclic amines) is 1. The first kappa shape index (κ1) is 18.5. The third-order valence-corrected chi connectivity index (χ3v) is 6.31. The van der Waals surface area contributed by atoms with Gasteiger partial charge in [0.1, 0.15) is 11.6 Å². The van der Waals surface area contributed by atoms with Crippen LogP contribution in [0.4, 0.5) is 10.2 Å². The van der Waals surface area contributed by atoms with Gasteiger partial charge in [0.25, 0.3) is 0 Å². The number of aromatic nitrogens is 4. The fourth-order valence-electron chi connectivity index (χ4n) is 4.70. The van der Waals surface area contributed by atoms with Gasteiger partial charge in [-0.1, -0.05) is 25.0 Å². The molecule has 1 saturated carbocycles. The fraction of sp³-hybridized carbons (Fsp3) is 0.500. The SMILES string of the molecule is Fc1ccccc1-c1nnc2ccc(NC3CCN(CC4CCCC4)CC3)nn12. The van der Waals surface area contributed by atoms with E-state index in [1.54, 1.807) is 22.7 Å². The predicted octanol–water partition coefficient (Wildman–Crippen LogP) is 4.00. The smallest absolute Gasteiger partial charge is 0.188 e. The molecule has 6 nitrogen and oxygen atoms in total.